The number of hydrogen-bond acceptors (Lipinski definition) is 1. The summed E-state index contributed by atoms with van der Waals surface area (Å²) in [6, 6.07) is 9.34. The molecule has 2 heteroatoms. The maximum Gasteiger partial charge on any atom is 0.0305 e. The zero-order valence-corrected chi connectivity index (χ0v) is 10.6. The number of nitrogens with one attached hydrogen (secondary N) is 1. The molecule has 0 aliphatic carbocycles. The molecular weight excluding hydrogens is 238 g/mol. The third-order valence-electron chi connectivity index (χ3n) is 2.52. The Morgan fingerprint density at radius 2 is 1.93 bits per heavy atom. The molecule has 0 aliphatic heterocycles. The van der Waals surface area contributed by atoms with Gasteiger partial charge in [0.1, 0.15) is 0 Å². The molecule has 0 saturated heterocycles. The molecule has 1 aromatic rings. The first-order valence-electron chi connectivity index (χ1n) is 5.15. The van der Waals surface area contributed by atoms with Crippen molar-refractivity contribution in [2.75, 3.05) is 0 Å². The van der Waals surface area contributed by atoms with Crippen LogP contribution in [0.2, 0.25) is 0 Å². The zero-order valence-electron chi connectivity index (χ0n) is 9.05. The van der Waals surface area contributed by atoms with Gasteiger partial charge in [-0.1, -0.05) is 41.1 Å². The first-order chi connectivity index (χ1) is 6.65. The third-order valence-corrected chi connectivity index (χ3v) is 3.24. The minimum absolute atomic E-state index is 0.403. The van der Waals surface area contributed by atoms with Gasteiger partial charge in [-0.25, -0.2) is 0 Å². The van der Waals surface area contributed by atoms with Gasteiger partial charge in [-0.15, -0.1) is 0 Å². The molecule has 1 nitrogen and oxygen atoms in total. The van der Waals surface area contributed by atoms with E-state index in [4.69, 9.17) is 0 Å². The fourth-order valence-electron chi connectivity index (χ4n) is 1.46. The Balaban J connectivity index is 2.69. The van der Waals surface area contributed by atoms with Crippen LogP contribution in [0, 0.1) is 0 Å². The van der Waals surface area contributed by atoms with Crippen LogP contribution in [0.5, 0.6) is 0 Å². The van der Waals surface area contributed by atoms with E-state index in [1.54, 1.807) is 0 Å². The molecule has 78 valence electrons. The largest absolute Gasteiger partial charge is 0.308 e. The first-order valence-corrected chi connectivity index (χ1v) is 5.95. The second-order valence-electron chi connectivity index (χ2n) is 3.72. The molecule has 14 heavy (non-hydrogen) atoms. The van der Waals surface area contributed by atoms with Gasteiger partial charge in [0.05, 0.1) is 0 Å². The lowest BCUT2D eigenvalue weighted by Gasteiger charge is -2.20. The highest BCUT2D eigenvalue weighted by atomic mass is 79.9. The van der Waals surface area contributed by atoms with E-state index >= 15 is 0 Å². The van der Waals surface area contributed by atoms with Crippen LogP contribution in [0.4, 0.5) is 0 Å². The molecule has 0 aromatic heterocycles. The Hall–Kier alpha value is -0.340. The number of benzene rings is 1. The lowest BCUT2D eigenvalue weighted by molar-refractivity contribution is 0.468. The third kappa shape index (κ3) is 3.10. The van der Waals surface area contributed by atoms with Crippen molar-refractivity contribution in [3.8, 4) is 0 Å². The average Bonchev–Trinajstić information content (AvgIpc) is 2.18. The Morgan fingerprint density at radius 3 is 2.50 bits per heavy atom. The predicted octanol–water partition coefficient (Wildman–Crippen LogP) is 3.90. The van der Waals surface area contributed by atoms with Crippen LogP contribution in [0.3, 0.4) is 0 Å². The minimum Gasteiger partial charge on any atom is -0.308 e. The van der Waals surface area contributed by atoms with Crippen molar-refractivity contribution in [3.05, 3.63) is 34.3 Å². The van der Waals surface area contributed by atoms with Gasteiger partial charge in [-0.05, 0) is 31.9 Å². The Kier molecular flexibility index (Phi) is 4.63. The molecule has 2 atom stereocenters. The number of hydrogen-bond donors (Lipinski definition) is 1. The summed E-state index contributed by atoms with van der Waals surface area (Å²) >= 11 is 3.57. The second-order valence-corrected chi connectivity index (χ2v) is 4.57. The molecule has 0 saturated carbocycles. The zero-order chi connectivity index (χ0) is 10.6. The number of halogens is 1. The van der Waals surface area contributed by atoms with Crippen molar-refractivity contribution in [1.82, 2.24) is 5.32 Å². The van der Waals surface area contributed by atoms with E-state index < -0.39 is 0 Å². The van der Waals surface area contributed by atoms with Gasteiger partial charge in [0, 0.05) is 16.6 Å². The molecule has 0 amide bonds. The molecule has 1 rings (SSSR count). The molecule has 0 radical (unpaired) electrons. The topological polar surface area (TPSA) is 12.0 Å². The molecule has 0 spiro atoms. The molecule has 0 heterocycles. The lowest BCUT2D eigenvalue weighted by atomic mass is 10.1. The predicted molar refractivity (Wildman–Crippen MR) is 65.4 cm³/mol. The highest BCUT2D eigenvalue weighted by molar-refractivity contribution is 9.10. The summed E-state index contributed by atoms with van der Waals surface area (Å²) in [4.78, 5) is 0. The summed E-state index contributed by atoms with van der Waals surface area (Å²) in [7, 11) is 0. The summed E-state index contributed by atoms with van der Waals surface area (Å²) in [5.74, 6) is 0. The maximum absolute atomic E-state index is 3.57. The lowest BCUT2D eigenvalue weighted by Crippen LogP contribution is -2.28. The van der Waals surface area contributed by atoms with Crippen molar-refractivity contribution in [2.45, 2.75) is 39.3 Å². The highest BCUT2D eigenvalue weighted by Crippen LogP contribution is 2.23. The quantitative estimate of drug-likeness (QED) is 0.861. The number of rotatable bonds is 4. The summed E-state index contributed by atoms with van der Waals surface area (Å²) < 4.78 is 1.18. The molecule has 0 fully saturated rings. The Morgan fingerprint density at radius 1 is 1.29 bits per heavy atom. The first kappa shape index (κ1) is 11.7. The standard InChI is InChI=1S/C12H18BrN/c1-4-9(2)14-10(3)11-7-5-6-8-12(11)13/h5-10,14H,4H2,1-3H3/t9-,10-/m1/s1. The van der Waals surface area contributed by atoms with Crippen molar-refractivity contribution in [2.24, 2.45) is 0 Å². The normalized spacial score (nSPS) is 15.1. The Labute approximate surface area is 95.0 Å². The fraction of sp³-hybridized carbons (Fsp3) is 0.500. The minimum atomic E-state index is 0.403. The van der Waals surface area contributed by atoms with Crippen LogP contribution < -0.4 is 5.32 Å². The van der Waals surface area contributed by atoms with Crippen LogP contribution in [-0.4, -0.2) is 6.04 Å². The van der Waals surface area contributed by atoms with Gasteiger partial charge in [0.2, 0.25) is 0 Å². The highest BCUT2D eigenvalue weighted by Gasteiger charge is 2.09. The van der Waals surface area contributed by atoms with E-state index in [1.165, 1.54) is 10.0 Å². The van der Waals surface area contributed by atoms with E-state index in [2.05, 4.69) is 60.2 Å². The van der Waals surface area contributed by atoms with Crippen molar-refractivity contribution < 1.29 is 0 Å². The van der Waals surface area contributed by atoms with E-state index in [1.807, 2.05) is 6.07 Å². The monoisotopic (exact) mass is 255 g/mol. The van der Waals surface area contributed by atoms with Gasteiger partial charge >= 0.3 is 0 Å². The van der Waals surface area contributed by atoms with Crippen molar-refractivity contribution in [1.29, 1.82) is 0 Å². The van der Waals surface area contributed by atoms with Crippen LogP contribution in [0.1, 0.15) is 38.8 Å². The van der Waals surface area contributed by atoms with Gasteiger partial charge in [-0.3, -0.25) is 0 Å². The van der Waals surface area contributed by atoms with Crippen LogP contribution in [0.25, 0.3) is 0 Å². The van der Waals surface area contributed by atoms with Gasteiger partial charge < -0.3 is 5.32 Å². The summed E-state index contributed by atoms with van der Waals surface area (Å²) in [5.41, 5.74) is 1.33. The van der Waals surface area contributed by atoms with Crippen LogP contribution >= 0.6 is 15.9 Å². The Bertz CT molecular complexity index is 285. The SMILES string of the molecule is CC[C@@H](C)N[C@H](C)c1ccccc1Br. The molecule has 1 aromatic carbocycles. The van der Waals surface area contributed by atoms with Crippen molar-refractivity contribution >= 4 is 15.9 Å². The molecule has 0 bridgehead atoms. The van der Waals surface area contributed by atoms with E-state index in [0.29, 0.717) is 12.1 Å². The molecule has 0 aliphatic rings. The van der Waals surface area contributed by atoms with Crippen LogP contribution in [-0.2, 0) is 0 Å². The molecular formula is C12H18BrN. The molecule has 0 unspecified atom stereocenters. The van der Waals surface area contributed by atoms with E-state index in [-0.39, 0.29) is 0 Å². The average molecular weight is 256 g/mol. The molecule has 1 N–H and O–H groups in total. The van der Waals surface area contributed by atoms with Crippen molar-refractivity contribution in [3.63, 3.8) is 0 Å². The van der Waals surface area contributed by atoms with E-state index in [0.717, 1.165) is 6.42 Å². The summed E-state index contributed by atoms with van der Waals surface area (Å²) in [6.45, 7) is 6.62. The second kappa shape index (κ2) is 5.52. The maximum atomic E-state index is 3.57. The summed E-state index contributed by atoms with van der Waals surface area (Å²) in [5, 5.41) is 3.56. The van der Waals surface area contributed by atoms with Crippen LogP contribution in [0.15, 0.2) is 28.7 Å². The smallest absolute Gasteiger partial charge is 0.0305 e. The van der Waals surface area contributed by atoms with Gasteiger partial charge in [0.15, 0.2) is 0 Å². The van der Waals surface area contributed by atoms with Gasteiger partial charge in [0.25, 0.3) is 0 Å². The summed E-state index contributed by atoms with van der Waals surface area (Å²) in [6.07, 6.45) is 1.16. The van der Waals surface area contributed by atoms with E-state index in [9.17, 15) is 0 Å². The van der Waals surface area contributed by atoms with Gasteiger partial charge in [-0.2, -0.15) is 0 Å². The fourth-order valence-corrected chi connectivity index (χ4v) is 2.09.